The van der Waals surface area contributed by atoms with Gasteiger partial charge in [0.15, 0.2) is 23.4 Å². The molecule has 30 nitrogen and oxygen atoms in total. The van der Waals surface area contributed by atoms with Crippen molar-refractivity contribution in [3.8, 4) is 5.75 Å². The summed E-state index contributed by atoms with van der Waals surface area (Å²) < 4.78 is 75.2. The van der Waals surface area contributed by atoms with Gasteiger partial charge in [0.25, 0.3) is 20.2 Å². The van der Waals surface area contributed by atoms with Gasteiger partial charge in [-0.15, -0.1) is 0 Å². The van der Waals surface area contributed by atoms with Crippen molar-refractivity contribution in [3.05, 3.63) is 136 Å². The Morgan fingerprint density at radius 1 is 0.613 bits per heavy atom. The second-order valence-corrected chi connectivity index (χ2v) is 32.6. The lowest BCUT2D eigenvalue weighted by molar-refractivity contribution is -0.438. The maximum absolute atomic E-state index is 14.5. The van der Waals surface area contributed by atoms with Crippen LogP contribution in [0.1, 0.15) is 198 Å². The molecule has 2 aliphatic heterocycles. The minimum Gasteiger partial charge on any atom is -0.481 e. The van der Waals surface area contributed by atoms with Crippen LogP contribution >= 0.6 is 0 Å². The van der Waals surface area contributed by atoms with E-state index in [1.54, 1.807) is 24.3 Å². The van der Waals surface area contributed by atoms with E-state index in [0.29, 0.717) is 81.5 Å². The number of anilines is 1. The number of allylic oxidation sites excluding steroid dienone is 7. The third-order valence-electron chi connectivity index (χ3n) is 20.0. The van der Waals surface area contributed by atoms with Gasteiger partial charge in [-0.1, -0.05) is 94.1 Å². The van der Waals surface area contributed by atoms with Crippen LogP contribution in [0.2, 0.25) is 0 Å². The van der Waals surface area contributed by atoms with Gasteiger partial charge in [-0.3, -0.25) is 43.1 Å². The van der Waals surface area contributed by atoms with Gasteiger partial charge in [-0.2, -0.15) is 21.4 Å². The fourth-order valence-corrected chi connectivity index (χ4v) is 15.3. The van der Waals surface area contributed by atoms with Crippen molar-refractivity contribution in [1.82, 2.24) is 21.3 Å². The number of carboxylic acid groups (broad SMARTS) is 3. The number of unbranched alkanes of at least 4 members (excludes halogenated alkanes) is 7. The van der Waals surface area contributed by atoms with Gasteiger partial charge in [0, 0.05) is 112 Å². The van der Waals surface area contributed by atoms with Gasteiger partial charge >= 0.3 is 23.9 Å². The summed E-state index contributed by atoms with van der Waals surface area (Å²) >= 11 is 0. The minimum absolute atomic E-state index is 0.0360. The number of benzene rings is 3. The molecule has 0 saturated heterocycles. The third kappa shape index (κ3) is 30.1. The van der Waals surface area contributed by atoms with E-state index in [9.17, 15) is 74.5 Å². The number of amides is 4. The molecule has 17 N–H and O–H groups in total. The zero-order valence-corrected chi connectivity index (χ0v) is 65.8. The molecule has 4 atom stereocenters. The predicted molar refractivity (Wildman–Crippen MR) is 425 cm³/mol. The highest BCUT2D eigenvalue weighted by molar-refractivity contribution is 7.86. The van der Waals surface area contributed by atoms with Gasteiger partial charge in [0.2, 0.25) is 17.5 Å². The van der Waals surface area contributed by atoms with Crippen molar-refractivity contribution >= 4 is 96.6 Å². The van der Waals surface area contributed by atoms with Crippen LogP contribution in [-0.2, 0) is 71.0 Å². The Labute approximate surface area is 650 Å². The minimum atomic E-state index is -4.16. The van der Waals surface area contributed by atoms with Gasteiger partial charge in [-0.05, 0) is 156 Å². The zero-order valence-electron chi connectivity index (χ0n) is 64.1. The number of aliphatic imine (C=N–C) groups is 2. The van der Waals surface area contributed by atoms with Gasteiger partial charge < -0.3 is 69.2 Å². The number of hydrogen-bond acceptors (Lipinski definition) is 16. The molecule has 6 rings (SSSR count). The summed E-state index contributed by atoms with van der Waals surface area (Å²) in [5, 5.41) is 39.2. The van der Waals surface area contributed by atoms with Gasteiger partial charge in [0.05, 0.1) is 23.0 Å². The molecule has 3 aromatic carbocycles. The van der Waals surface area contributed by atoms with E-state index < -0.39 is 96.6 Å². The van der Waals surface area contributed by atoms with Gasteiger partial charge in [-0.25, -0.2) is 14.4 Å². The average Bonchev–Trinajstić information content (AvgIpc) is 1.60. The molecular weight excluding hydrogens is 1470 g/mol. The van der Waals surface area contributed by atoms with Crippen molar-refractivity contribution < 1.29 is 88.9 Å². The molecule has 0 bridgehead atoms. The fraction of sp³-hybridized carbons (Fsp3) is 0.532. The number of carbonyl (C=O) groups is 8. The van der Waals surface area contributed by atoms with Crippen molar-refractivity contribution in [2.75, 3.05) is 49.1 Å². The lowest BCUT2D eigenvalue weighted by atomic mass is 9.81. The number of nitrogens with one attached hydrogen (secondary N) is 4. The van der Waals surface area contributed by atoms with Crippen LogP contribution in [0.4, 0.5) is 16.2 Å². The second kappa shape index (κ2) is 43.7. The number of fused-ring (bicyclic) bond motifs is 2. The van der Waals surface area contributed by atoms with E-state index in [-0.39, 0.29) is 139 Å². The van der Waals surface area contributed by atoms with Crippen molar-refractivity contribution in [3.63, 3.8) is 0 Å². The first kappa shape index (κ1) is 90.1. The highest BCUT2D eigenvalue weighted by Crippen LogP contribution is 2.48. The summed E-state index contributed by atoms with van der Waals surface area (Å²) in [6.07, 6.45) is 15.8. The van der Waals surface area contributed by atoms with E-state index in [4.69, 9.17) is 32.8 Å². The Balaban J connectivity index is 1.17. The molecule has 0 saturated carbocycles. The van der Waals surface area contributed by atoms with E-state index in [1.165, 1.54) is 0 Å². The van der Waals surface area contributed by atoms with Crippen molar-refractivity contribution in [2.45, 2.75) is 217 Å². The normalized spacial score (nSPS) is 16.3. The number of carbonyl (C=O) groups excluding carboxylic acids is 5. The Kier molecular flexibility index (Phi) is 35.5. The molecule has 111 heavy (non-hydrogen) atoms. The summed E-state index contributed by atoms with van der Waals surface area (Å²) in [5.74, 6) is -6.63. The number of nitrogens with zero attached hydrogens (tertiary/aromatic N) is 4. The highest BCUT2D eigenvalue weighted by atomic mass is 32.2. The predicted octanol–water partition coefficient (Wildman–Crippen LogP) is 8.45. The summed E-state index contributed by atoms with van der Waals surface area (Å²) in [6.45, 7) is 9.78. The molecule has 3 aliphatic rings. The first-order valence-electron chi connectivity index (χ1n) is 38.1. The molecular formula is C79H113N12O18S2+. The number of nitrogens with two attached hydrogens (primary N) is 4. The number of ketones is 2. The number of rotatable bonds is 50. The van der Waals surface area contributed by atoms with E-state index in [0.717, 1.165) is 64.3 Å². The first-order chi connectivity index (χ1) is 52.5. The second-order valence-electron chi connectivity index (χ2n) is 29.5. The number of guanidine groups is 2. The number of Topliss-reactive ketones (excluding diaryl/α,β-unsaturated/α-hetero) is 2. The molecule has 1 aliphatic carbocycles. The summed E-state index contributed by atoms with van der Waals surface area (Å²) in [6, 6.07) is 18.3. The summed E-state index contributed by atoms with van der Waals surface area (Å²) in [7, 11) is -8.33. The molecule has 0 spiro atoms. The maximum Gasteiger partial charge on any atom is 0.326 e. The summed E-state index contributed by atoms with van der Waals surface area (Å²) in [5.41, 5.74) is 29.8. The third-order valence-corrected chi connectivity index (χ3v) is 21.6. The van der Waals surface area contributed by atoms with Crippen LogP contribution in [0.25, 0.3) is 0 Å². The Bertz CT molecular complexity index is 4220. The molecule has 0 unspecified atom stereocenters. The molecule has 0 fully saturated rings. The number of para-hydroxylation sites is 2. The fourth-order valence-electron chi connectivity index (χ4n) is 14.1. The SMILES string of the molecule is CC1(C)C(=CC=C2CCCC(C=CC3=[N+](CCCCS(=O)(=O)O)c4ccccc4C3(C)C)=C2Oc2ccc(C[C@@H](NC(=O)[C@H](CCCN=C(N)N)CC(=O)[C@H](CCCN=C(N)N)NC(=O)CCCCCCCCC(=O)CC[C@@H](NC(=O)NCCCC(=O)O)C(=O)O)C(=O)O)cc2)N(CCCCS(=O)(=O)O)c2ccccc21. The van der Waals surface area contributed by atoms with Crippen LogP contribution in [0.15, 0.2) is 130 Å². The van der Waals surface area contributed by atoms with Crippen LogP contribution in [0.3, 0.4) is 0 Å². The van der Waals surface area contributed by atoms with Crippen molar-refractivity contribution in [1.29, 1.82) is 0 Å². The monoisotopic (exact) mass is 1580 g/mol. The molecule has 2 heterocycles. The largest absolute Gasteiger partial charge is 0.481 e. The van der Waals surface area contributed by atoms with E-state index in [1.807, 2.05) is 36.4 Å². The van der Waals surface area contributed by atoms with Gasteiger partial charge in [0.1, 0.15) is 35.9 Å². The first-order valence-corrected chi connectivity index (χ1v) is 41.3. The maximum atomic E-state index is 14.5. The van der Waals surface area contributed by atoms with Crippen LogP contribution < -0.4 is 53.8 Å². The Morgan fingerprint density at radius 3 is 1.86 bits per heavy atom. The molecule has 608 valence electrons. The number of ether oxygens (including phenoxy) is 1. The smallest absolute Gasteiger partial charge is 0.326 e. The molecule has 0 aromatic heterocycles. The quantitative estimate of drug-likeness (QED) is 0.00828. The molecule has 4 amide bonds. The topological polar surface area (TPSA) is 498 Å². The lowest BCUT2D eigenvalue weighted by Gasteiger charge is -2.27. The number of urea groups is 1. The molecule has 32 heteroatoms. The average molecular weight is 1580 g/mol. The number of hydrogen-bond donors (Lipinski definition) is 13. The highest BCUT2D eigenvalue weighted by Gasteiger charge is 2.45. The molecule has 0 radical (unpaired) electrons. The van der Waals surface area contributed by atoms with E-state index >= 15 is 0 Å². The zero-order chi connectivity index (χ0) is 81.5. The number of carboxylic acids is 3. The van der Waals surface area contributed by atoms with Crippen molar-refractivity contribution in [2.24, 2.45) is 38.8 Å². The molecule has 3 aromatic rings. The standard InChI is InChI=1S/C79H112N12O18S2/c1-78(2)59-27-11-13-30-64(59)90(47-15-17-49-110(103,104)105)67(78)42-36-54-23-19-24-55(37-43-68-79(3,4)60-28-12-14-31-65(60)91(68)48-16-18-50-111(106,107)108)71(54)109-58-39-34-53(35-40-58)51-63(74(100)101)88-72(97)56(25-20-44-84-75(80)81)52-66(93)61(29-21-45-85-76(82)83)87-69(94)32-10-8-6-5-7-9-26-57(92)38-41-62(73(98)99)89-77(102)86-46-22-33-70(95)96/h11-14,27-28,30-31,34-37,39-40,42-43,56,61-63H,5-10,15-26,29,32-33,38,41,44-52H2,1-4H3,(H16-,80,81,82,83,84,85,86,87,88,89,94,95,96,97,98,99,100,101,102,103,104,105,106,107,108)/p+1/t56-,61+,62-,63-/m1/s1. The van der Waals surface area contributed by atoms with Crippen LogP contribution in [-0.4, -0.2) is 173 Å². The lowest BCUT2D eigenvalue weighted by Crippen LogP contribution is -2.47. The van der Waals surface area contributed by atoms with Crippen LogP contribution in [0, 0.1) is 5.92 Å². The Hall–Kier alpha value is -9.79. The van der Waals surface area contributed by atoms with E-state index in [2.05, 4.69) is 105 Å². The summed E-state index contributed by atoms with van der Waals surface area (Å²) in [4.78, 5) is 113. The van der Waals surface area contributed by atoms with Crippen LogP contribution in [0.5, 0.6) is 5.75 Å². The Morgan fingerprint density at radius 2 is 1.23 bits per heavy atom. The number of aliphatic carboxylic acids is 3.